The van der Waals surface area contributed by atoms with Crippen LogP contribution in [0.4, 0.5) is 4.79 Å². The first-order valence-corrected chi connectivity index (χ1v) is 8.12. The van der Waals surface area contributed by atoms with E-state index < -0.39 is 11.7 Å². The average molecular weight is 327 g/mol. The predicted octanol–water partition coefficient (Wildman–Crippen LogP) is 2.34. The minimum absolute atomic E-state index is 0.00241. The molecule has 1 aliphatic carbocycles. The maximum Gasteiger partial charge on any atom is 0.414 e. The third-order valence-corrected chi connectivity index (χ3v) is 3.67. The Hall–Kier alpha value is -1.79. The fraction of sp³-hybridized carbons (Fsp3) is 0.812. The van der Waals surface area contributed by atoms with Crippen LogP contribution < -0.4 is 11.1 Å². The van der Waals surface area contributed by atoms with Gasteiger partial charge in [-0.3, -0.25) is 10.1 Å². The zero-order valence-electron chi connectivity index (χ0n) is 14.6. The number of methoxy groups -OCH3 is 1. The van der Waals surface area contributed by atoms with Crippen molar-refractivity contribution < 1.29 is 19.1 Å². The van der Waals surface area contributed by atoms with Gasteiger partial charge < -0.3 is 15.2 Å². The summed E-state index contributed by atoms with van der Waals surface area (Å²) in [6, 6.07) is -0.00241. The van der Waals surface area contributed by atoms with Gasteiger partial charge in [-0.05, 0) is 46.5 Å². The van der Waals surface area contributed by atoms with Crippen LogP contribution in [0.5, 0.6) is 0 Å². The normalized spacial score (nSPS) is 23.4. The number of ether oxygens (including phenoxy) is 2. The summed E-state index contributed by atoms with van der Waals surface area (Å²) < 4.78 is 9.96. The Morgan fingerprint density at radius 3 is 2.39 bits per heavy atom. The summed E-state index contributed by atoms with van der Waals surface area (Å²) in [5.74, 6) is -0.174. The van der Waals surface area contributed by atoms with Crippen LogP contribution in [0.25, 0.3) is 0 Å². The van der Waals surface area contributed by atoms with Gasteiger partial charge in [0.1, 0.15) is 5.60 Å². The number of hydrogen-bond donors (Lipinski definition) is 2. The van der Waals surface area contributed by atoms with Crippen LogP contribution in [-0.4, -0.2) is 36.8 Å². The van der Waals surface area contributed by atoms with E-state index in [0.717, 1.165) is 38.5 Å². The highest BCUT2D eigenvalue weighted by molar-refractivity contribution is 5.93. The fourth-order valence-corrected chi connectivity index (χ4v) is 2.62. The number of rotatable bonds is 2. The van der Waals surface area contributed by atoms with Crippen molar-refractivity contribution in [1.82, 2.24) is 5.32 Å². The zero-order chi connectivity index (χ0) is 17.5. The highest BCUT2D eigenvalue weighted by Crippen LogP contribution is 2.25. The molecule has 2 atom stereocenters. The van der Waals surface area contributed by atoms with Crippen molar-refractivity contribution in [2.45, 2.75) is 70.9 Å². The number of carbonyl (C=O) groups excluding carboxylic acids is 2. The third kappa shape index (κ3) is 7.85. The molecule has 0 spiro atoms. The molecule has 1 aliphatic rings. The van der Waals surface area contributed by atoms with E-state index >= 15 is 0 Å². The predicted molar refractivity (Wildman–Crippen MR) is 88.0 cm³/mol. The Balaban J connectivity index is 2.56. The molecular weight excluding hydrogens is 298 g/mol. The van der Waals surface area contributed by atoms with Crippen molar-refractivity contribution >= 4 is 18.0 Å². The lowest BCUT2D eigenvalue weighted by Gasteiger charge is -2.22. The SMILES string of the molecule is COC(=O)C1CCCCC(N=C(N)NC(=O)OC(C)(C)C)CC1. The molecule has 0 aromatic heterocycles. The molecule has 0 aromatic carbocycles. The van der Waals surface area contributed by atoms with Crippen LogP contribution in [0.2, 0.25) is 0 Å². The molecule has 0 aliphatic heterocycles. The van der Waals surface area contributed by atoms with Crippen LogP contribution in [0, 0.1) is 5.92 Å². The van der Waals surface area contributed by atoms with E-state index in [1.807, 2.05) is 0 Å². The first kappa shape index (κ1) is 19.3. The molecule has 0 heterocycles. The summed E-state index contributed by atoms with van der Waals surface area (Å²) in [4.78, 5) is 27.7. The standard InChI is InChI=1S/C16H29N3O4/c1-16(2,3)23-15(21)19-14(17)18-12-8-6-5-7-11(9-10-12)13(20)22-4/h11-12H,5-10H2,1-4H3,(H3,17,18,19,21). The smallest absolute Gasteiger partial charge is 0.414 e. The van der Waals surface area contributed by atoms with Gasteiger partial charge >= 0.3 is 12.1 Å². The summed E-state index contributed by atoms with van der Waals surface area (Å²) in [5.41, 5.74) is 5.20. The van der Waals surface area contributed by atoms with Crippen LogP contribution in [-0.2, 0) is 14.3 Å². The van der Waals surface area contributed by atoms with Crippen molar-refractivity contribution in [2.24, 2.45) is 16.6 Å². The quantitative estimate of drug-likeness (QED) is 0.460. The summed E-state index contributed by atoms with van der Waals surface area (Å²) in [6.45, 7) is 5.34. The third-order valence-electron chi connectivity index (χ3n) is 3.67. The number of hydrogen-bond acceptors (Lipinski definition) is 5. The van der Waals surface area contributed by atoms with Crippen molar-refractivity contribution in [1.29, 1.82) is 0 Å². The van der Waals surface area contributed by atoms with Crippen LogP contribution >= 0.6 is 0 Å². The maximum atomic E-state index is 11.7. The van der Waals surface area contributed by atoms with E-state index in [4.69, 9.17) is 15.2 Å². The molecule has 1 saturated carbocycles. The largest absolute Gasteiger partial charge is 0.469 e. The summed E-state index contributed by atoms with van der Waals surface area (Å²) in [5, 5.41) is 2.44. The molecule has 3 N–H and O–H groups in total. The minimum atomic E-state index is -0.614. The summed E-state index contributed by atoms with van der Waals surface area (Å²) in [7, 11) is 1.42. The van der Waals surface area contributed by atoms with Crippen molar-refractivity contribution in [3.05, 3.63) is 0 Å². The summed E-state index contributed by atoms with van der Waals surface area (Å²) >= 11 is 0. The molecule has 1 fully saturated rings. The van der Waals surface area contributed by atoms with E-state index in [-0.39, 0.29) is 23.9 Å². The van der Waals surface area contributed by atoms with Crippen LogP contribution in [0.1, 0.15) is 59.3 Å². The van der Waals surface area contributed by atoms with Gasteiger partial charge in [0.15, 0.2) is 5.96 Å². The Labute approximate surface area is 138 Å². The van der Waals surface area contributed by atoms with E-state index in [1.165, 1.54) is 7.11 Å². The molecule has 1 amide bonds. The summed E-state index contributed by atoms with van der Waals surface area (Å²) in [6.07, 6.45) is 4.54. The van der Waals surface area contributed by atoms with Crippen molar-refractivity contribution in [2.75, 3.05) is 7.11 Å². The van der Waals surface area contributed by atoms with Gasteiger partial charge in [-0.1, -0.05) is 12.8 Å². The van der Waals surface area contributed by atoms with Crippen LogP contribution in [0.15, 0.2) is 4.99 Å². The van der Waals surface area contributed by atoms with E-state index in [2.05, 4.69) is 10.3 Å². The van der Waals surface area contributed by atoms with Crippen LogP contribution in [0.3, 0.4) is 0 Å². The van der Waals surface area contributed by atoms with E-state index in [1.54, 1.807) is 20.8 Å². The average Bonchev–Trinajstić information content (AvgIpc) is 2.39. The molecule has 0 saturated heterocycles. The maximum absolute atomic E-state index is 11.7. The molecule has 0 radical (unpaired) electrons. The number of guanidine groups is 1. The first-order chi connectivity index (χ1) is 10.7. The highest BCUT2D eigenvalue weighted by atomic mass is 16.6. The molecule has 7 nitrogen and oxygen atoms in total. The lowest BCUT2D eigenvalue weighted by molar-refractivity contribution is -0.146. The molecule has 0 bridgehead atoms. The van der Waals surface area contributed by atoms with Gasteiger partial charge in [0.05, 0.1) is 19.1 Å². The fourth-order valence-electron chi connectivity index (χ4n) is 2.62. The first-order valence-electron chi connectivity index (χ1n) is 8.12. The number of alkyl carbamates (subject to hydrolysis) is 1. The van der Waals surface area contributed by atoms with Gasteiger partial charge in [-0.15, -0.1) is 0 Å². The second-order valence-corrected chi connectivity index (χ2v) is 6.88. The number of nitrogens with two attached hydrogens (primary N) is 1. The second kappa shape index (κ2) is 8.74. The second-order valence-electron chi connectivity index (χ2n) is 6.88. The zero-order valence-corrected chi connectivity index (χ0v) is 14.6. The molecule has 2 unspecified atom stereocenters. The Morgan fingerprint density at radius 1 is 1.13 bits per heavy atom. The number of amides is 1. The number of nitrogens with zero attached hydrogens (tertiary/aromatic N) is 1. The molecule has 1 rings (SSSR count). The number of aliphatic imine (C=N–C) groups is 1. The van der Waals surface area contributed by atoms with E-state index in [0.29, 0.717) is 0 Å². The van der Waals surface area contributed by atoms with Crippen molar-refractivity contribution in [3.63, 3.8) is 0 Å². The molecule has 23 heavy (non-hydrogen) atoms. The minimum Gasteiger partial charge on any atom is -0.469 e. The topological polar surface area (TPSA) is 103 Å². The van der Waals surface area contributed by atoms with E-state index in [9.17, 15) is 9.59 Å². The highest BCUT2D eigenvalue weighted by Gasteiger charge is 2.23. The number of nitrogens with one attached hydrogen (secondary N) is 1. The van der Waals surface area contributed by atoms with Gasteiger partial charge in [-0.2, -0.15) is 0 Å². The van der Waals surface area contributed by atoms with Crippen molar-refractivity contribution in [3.8, 4) is 0 Å². The lowest BCUT2D eigenvalue weighted by atomic mass is 9.89. The number of carbonyl (C=O) groups is 2. The molecule has 132 valence electrons. The molecular formula is C16H29N3O4. The van der Waals surface area contributed by atoms with Gasteiger partial charge in [0.25, 0.3) is 0 Å². The Kier molecular flexibility index (Phi) is 7.32. The van der Waals surface area contributed by atoms with Gasteiger partial charge in [0.2, 0.25) is 0 Å². The number of esters is 1. The molecule has 7 heteroatoms. The Morgan fingerprint density at radius 2 is 1.78 bits per heavy atom. The van der Waals surface area contributed by atoms with Gasteiger partial charge in [-0.25, -0.2) is 9.79 Å². The monoisotopic (exact) mass is 327 g/mol. The lowest BCUT2D eigenvalue weighted by Crippen LogP contribution is -2.41. The Bertz CT molecular complexity index is 443. The molecule has 0 aromatic rings. The van der Waals surface area contributed by atoms with Gasteiger partial charge in [0, 0.05) is 0 Å².